The Balaban J connectivity index is 0. The number of phenols is 4. The molecule has 2 aromatic rings. The normalized spacial score (nSPS) is 9.71. The van der Waals surface area contributed by atoms with Crippen molar-refractivity contribution in [2.24, 2.45) is 9.98 Å². The Labute approximate surface area is 173 Å². The number of benzene rings is 2. The summed E-state index contributed by atoms with van der Waals surface area (Å²) >= 11 is 0. The molecule has 8 nitrogen and oxygen atoms in total. The number of hydrogen-bond donors (Lipinski definition) is 4. The third-order valence-corrected chi connectivity index (χ3v) is 3.13. The van der Waals surface area contributed by atoms with Gasteiger partial charge in [0.05, 0.1) is 0 Å². The molecule has 4 N–H and O–H groups in total. The molecule has 0 saturated heterocycles. The van der Waals surface area contributed by atoms with E-state index >= 15 is 0 Å². The molecule has 9 heteroatoms. The monoisotopic (exact) mass is 431 g/mol. The van der Waals surface area contributed by atoms with Crippen molar-refractivity contribution in [2.45, 2.75) is 6.42 Å². The first-order chi connectivity index (χ1) is 13.1. The minimum absolute atomic E-state index is 0. The van der Waals surface area contributed by atoms with E-state index in [0.717, 1.165) is 0 Å². The van der Waals surface area contributed by atoms with Gasteiger partial charge >= 0.3 is 16.8 Å². The molecule has 0 aromatic heterocycles. The van der Waals surface area contributed by atoms with E-state index in [1.54, 1.807) is 24.3 Å². The number of aliphatic imine (C=N–C) groups is 2. The summed E-state index contributed by atoms with van der Waals surface area (Å²) in [5.41, 5.74) is 0.913. The van der Waals surface area contributed by atoms with Crippen molar-refractivity contribution < 1.29 is 46.8 Å². The van der Waals surface area contributed by atoms with Gasteiger partial charge < -0.3 is 30.0 Å². The first-order valence-corrected chi connectivity index (χ1v) is 7.58. The third-order valence-electron chi connectivity index (χ3n) is 3.13. The minimum atomic E-state index is -0.186. The molecule has 0 atom stereocenters. The molecule has 0 aliphatic rings. The van der Waals surface area contributed by atoms with Crippen LogP contribution in [0.25, 0.3) is 0 Å². The van der Waals surface area contributed by atoms with Crippen molar-refractivity contribution in [3.05, 3.63) is 47.5 Å². The zero-order valence-corrected chi connectivity index (χ0v) is 15.8. The van der Waals surface area contributed by atoms with Crippen LogP contribution in [-0.2, 0) is 26.4 Å². The van der Waals surface area contributed by atoms with Gasteiger partial charge in [0, 0.05) is 36.6 Å². The molecule has 0 unspecified atom stereocenters. The zero-order valence-electron chi connectivity index (χ0n) is 14.7. The van der Waals surface area contributed by atoms with E-state index < -0.39 is 0 Å². The molecule has 1 radical (unpaired) electrons. The molecule has 0 amide bonds. The van der Waals surface area contributed by atoms with Crippen molar-refractivity contribution in [1.82, 2.24) is 0 Å². The van der Waals surface area contributed by atoms with Crippen molar-refractivity contribution in [3.8, 4) is 23.0 Å². The first-order valence-electron chi connectivity index (χ1n) is 7.58. The number of para-hydroxylation sites is 2. The van der Waals surface area contributed by atoms with Gasteiger partial charge in [-0.1, -0.05) is 12.1 Å². The van der Waals surface area contributed by atoms with Gasteiger partial charge in [0.15, 0.2) is 23.0 Å². The summed E-state index contributed by atoms with van der Waals surface area (Å²) in [7, 11) is 0. The molecule has 0 bridgehead atoms. The van der Waals surface area contributed by atoms with E-state index in [9.17, 15) is 20.4 Å². The van der Waals surface area contributed by atoms with Gasteiger partial charge in [-0.15, -0.1) is 0 Å². The summed E-state index contributed by atoms with van der Waals surface area (Å²) in [5, 5.41) is 37.9. The molecule has 0 aliphatic heterocycles. The Morgan fingerprint density at radius 1 is 0.714 bits per heavy atom. The summed E-state index contributed by atoms with van der Waals surface area (Å²) in [6, 6.07) is 9.37. The molecule has 28 heavy (non-hydrogen) atoms. The number of carbonyl (C=O) groups excluding carboxylic acids is 2. The SMILES string of the molecule is Oc1cccc(C=NCCCN=Cc2cccc(O)c2O)c1O.[CH-]=O.[CH-]=O.[Co+2]. The Morgan fingerprint density at radius 2 is 1.07 bits per heavy atom. The van der Waals surface area contributed by atoms with Crippen LogP contribution in [0, 0.1) is 0 Å². The second kappa shape index (κ2) is 16.0. The average Bonchev–Trinajstić information content (AvgIpc) is 2.70. The van der Waals surface area contributed by atoms with Crippen LogP contribution < -0.4 is 0 Å². The van der Waals surface area contributed by atoms with Crippen LogP contribution in [0.4, 0.5) is 0 Å². The summed E-state index contributed by atoms with van der Waals surface area (Å²) in [4.78, 5) is 23.8. The Kier molecular flexibility index (Phi) is 15.5. The van der Waals surface area contributed by atoms with E-state index in [0.29, 0.717) is 30.6 Å². The van der Waals surface area contributed by atoms with Gasteiger partial charge in [0.25, 0.3) is 0 Å². The molecule has 0 heterocycles. The average molecular weight is 431 g/mol. The molecular formula is C19H20CoN2O6. The van der Waals surface area contributed by atoms with Crippen molar-refractivity contribution in [3.63, 3.8) is 0 Å². The first kappa shape index (κ1) is 27.0. The predicted molar refractivity (Wildman–Crippen MR) is 103 cm³/mol. The van der Waals surface area contributed by atoms with Crippen molar-refractivity contribution in [1.29, 1.82) is 0 Å². The summed E-state index contributed by atoms with van der Waals surface area (Å²) in [6.45, 7) is 7.52. The third kappa shape index (κ3) is 8.97. The van der Waals surface area contributed by atoms with Crippen LogP contribution >= 0.6 is 0 Å². The van der Waals surface area contributed by atoms with Crippen LogP contribution in [0.3, 0.4) is 0 Å². The van der Waals surface area contributed by atoms with E-state index in [4.69, 9.17) is 9.59 Å². The number of hydrogen-bond acceptors (Lipinski definition) is 8. The van der Waals surface area contributed by atoms with Gasteiger partial charge in [-0.3, -0.25) is 23.6 Å². The van der Waals surface area contributed by atoms with Crippen molar-refractivity contribution >= 4 is 26.0 Å². The number of phenolic OH excluding ortho intramolecular Hbond substituents is 4. The maximum Gasteiger partial charge on any atom is 2.00 e. The second-order valence-corrected chi connectivity index (χ2v) is 4.85. The predicted octanol–water partition coefficient (Wildman–Crippen LogP) is 1.89. The van der Waals surface area contributed by atoms with Gasteiger partial charge in [-0.25, -0.2) is 0 Å². The van der Waals surface area contributed by atoms with Crippen LogP contribution in [0.15, 0.2) is 46.4 Å². The van der Waals surface area contributed by atoms with E-state index in [1.807, 2.05) is 0 Å². The maximum absolute atomic E-state index is 9.60. The van der Waals surface area contributed by atoms with Gasteiger partial charge in [-0.05, 0) is 30.7 Å². The van der Waals surface area contributed by atoms with Crippen LogP contribution in [0.1, 0.15) is 17.5 Å². The molecular weight excluding hydrogens is 411 g/mol. The fraction of sp³-hybridized carbons (Fsp3) is 0.158. The van der Waals surface area contributed by atoms with Gasteiger partial charge in [0.2, 0.25) is 0 Å². The standard InChI is InChI=1S/C17H18N2O4.2CHO.Co/c20-14-6-1-4-12(16(14)22)10-18-8-3-9-19-11-13-5-2-7-15(21)17(13)23;2*1-2;/h1-2,4-7,10-11,20-23H,3,8-9H2;2*1H;/q;2*-1;+2. The summed E-state index contributed by atoms with van der Waals surface area (Å²) < 4.78 is 0. The Bertz CT molecular complexity index is 705. The molecule has 0 aliphatic carbocycles. The van der Waals surface area contributed by atoms with Crippen LogP contribution in [0.5, 0.6) is 23.0 Å². The Hall–Kier alpha value is -3.17. The molecule has 0 fully saturated rings. The topological polar surface area (TPSA) is 140 Å². The number of nitrogens with zero attached hydrogens (tertiary/aromatic N) is 2. The second-order valence-electron chi connectivity index (χ2n) is 4.85. The molecule has 0 saturated carbocycles. The molecule has 0 spiro atoms. The fourth-order valence-corrected chi connectivity index (χ4v) is 1.88. The van der Waals surface area contributed by atoms with E-state index in [1.165, 1.54) is 24.6 Å². The number of aromatic hydroxyl groups is 4. The minimum Gasteiger partial charge on any atom is -0.545 e. The van der Waals surface area contributed by atoms with Gasteiger partial charge in [0.1, 0.15) is 0 Å². The number of rotatable bonds is 6. The molecule has 2 aromatic carbocycles. The Morgan fingerprint density at radius 3 is 1.43 bits per heavy atom. The van der Waals surface area contributed by atoms with Gasteiger partial charge in [-0.2, -0.15) is 0 Å². The summed E-state index contributed by atoms with van der Waals surface area (Å²) in [5.74, 6) is -0.726. The fourth-order valence-electron chi connectivity index (χ4n) is 1.88. The van der Waals surface area contributed by atoms with E-state index in [2.05, 4.69) is 23.6 Å². The zero-order chi connectivity index (χ0) is 20.7. The van der Waals surface area contributed by atoms with E-state index in [-0.39, 0.29) is 39.8 Å². The quantitative estimate of drug-likeness (QED) is 0.181. The smallest absolute Gasteiger partial charge is 0.545 e. The molecule has 151 valence electrons. The molecule has 2 rings (SSSR count). The van der Waals surface area contributed by atoms with Crippen LogP contribution in [0.2, 0.25) is 0 Å². The largest absolute Gasteiger partial charge is 2.00 e. The maximum atomic E-state index is 9.60. The van der Waals surface area contributed by atoms with Crippen molar-refractivity contribution in [2.75, 3.05) is 13.1 Å². The van der Waals surface area contributed by atoms with Crippen LogP contribution in [-0.4, -0.2) is 59.5 Å². The summed E-state index contributed by atoms with van der Waals surface area (Å²) in [6.07, 6.45) is 3.69.